The summed E-state index contributed by atoms with van der Waals surface area (Å²) in [6.45, 7) is 4.99. The number of benzene rings is 2. The molecule has 158 valence electrons. The highest BCUT2D eigenvalue weighted by molar-refractivity contribution is 7.91. The Labute approximate surface area is 172 Å². The molecule has 3 rings (SSSR count). The van der Waals surface area contributed by atoms with Crippen molar-refractivity contribution in [3.05, 3.63) is 48.5 Å². The molecule has 2 aromatic rings. The van der Waals surface area contributed by atoms with Gasteiger partial charge in [-0.2, -0.15) is 0 Å². The minimum Gasteiger partial charge on any atom is -0.383 e. The van der Waals surface area contributed by atoms with Gasteiger partial charge in [0.25, 0.3) is 0 Å². The van der Waals surface area contributed by atoms with E-state index >= 15 is 0 Å². The Morgan fingerprint density at radius 3 is 2.21 bits per heavy atom. The number of sulfonamides is 1. The average Bonchev–Trinajstić information content (AvgIpc) is 2.68. The third-order valence-electron chi connectivity index (χ3n) is 4.92. The Morgan fingerprint density at radius 1 is 0.966 bits per heavy atom. The number of nitrogens with zero attached hydrogens (tertiary/aromatic N) is 2. The Balaban J connectivity index is 1.58. The maximum absolute atomic E-state index is 12.1. The number of hydrogen-bond donors (Lipinski definition) is 2. The maximum atomic E-state index is 12.1. The van der Waals surface area contributed by atoms with Crippen molar-refractivity contribution in [1.29, 1.82) is 0 Å². The second kappa shape index (κ2) is 8.70. The summed E-state index contributed by atoms with van der Waals surface area (Å²) in [5, 5.41) is 8.23. The van der Waals surface area contributed by atoms with Crippen LogP contribution < -0.4 is 15.4 Å². The standard InChI is InChI=1S/C19H26N4O4S2/c1-28(24,25)19-15-17(29(20,26)27)7-8-18(19)21-9-10-22-11-13-23(14-12-22)16-5-3-2-4-6-16/h2-8,15,21H,9-14H2,1H3,(H2,20,26,27). The van der Waals surface area contributed by atoms with Crippen LogP contribution in [0.1, 0.15) is 0 Å². The van der Waals surface area contributed by atoms with Crippen LogP contribution in [0.3, 0.4) is 0 Å². The molecule has 0 amide bonds. The quantitative estimate of drug-likeness (QED) is 0.662. The molecule has 1 saturated heterocycles. The molecule has 0 spiro atoms. The lowest BCUT2D eigenvalue weighted by Crippen LogP contribution is -2.47. The average molecular weight is 439 g/mol. The molecule has 3 N–H and O–H groups in total. The fourth-order valence-corrected chi connectivity index (χ4v) is 4.84. The Bertz CT molecular complexity index is 1050. The van der Waals surface area contributed by atoms with Gasteiger partial charge in [0, 0.05) is 51.2 Å². The Kier molecular flexibility index (Phi) is 6.47. The fourth-order valence-electron chi connectivity index (χ4n) is 3.35. The molecule has 2 aromatic carbocycles. The highest BCUT2D eigenvalue weighted by Gasteiger charge is 2.19. The molecule has 0 bridgehead atoms. The molecule has 1 heterocycles. The number of anilines is 2. The van der Waals surface area contributed by atoms with Gasteiger partial charge < -0.3 is 10.2 Å². The van der Waals surface area contributed by atoms with E-state index in [-0.39, 0.29) is 9.79 Å². The minimum atomic E-state index is -3.97. The summed E-state index contributed by atoms with van der Waals surface area (Å²) in [5.74, 6) is 0. The Morgan fingerprint density at radius 2 is 1.62 bits per heavy atom. The molecule has 1 fully saturated rings. The maximum Gasteiger partial charge on any atom is 0.238 e. The summed E-state index contributed by atoms with van der Waals surface area (Å²) in [5.41, 5.74) is 1.60. The summed E-state index contributed by atoms with van der Waals surface area (Å²) in [7, 11) is -7.59. The number of primary sulfonamides is 1. The first-order chi connectivity index (χ1) is 13.6. The lowest BCUT2D eigenvalue weighted by atomic mass is 10.2. The van der Waals surface area contributed by atoms with Gasteiger partial charge in [0.05, 0.1) is 15.5 Å². The van der Waals surface area contributed by atoms with E-state index in [1.165, 1.54) is 17.8 Å². The third kappa shape index (κ3) is 5.69. The predicted molar refractivity (Wildman–Crippen MR) is 115 cm³/mol. The summed E-state index contributed by atoms with van der Waals surface area (Å²) in [6, 6.07) is 14.1. The summed E-state index contributed by atoms with van der Waals surface area (Å²) < 4.78 is 47.2. The van der Waals surface area contributed by atoms with Gasteiger partial charge in [-0.05, 0) is 30.3 Å². The first-order valence-electron chi connectivity index (χ1n) is 9.28. The molecule has 10 heteroatoms. The van der Waals surface area contributed by atoms with Gasteiger partial charge in [-0.25, -0.2) is 22.0 Å². The number of para-hydroxylation sites is 1. The lowest BCUT2D eigenvalue weighted by Gasteiger charge is -2.36. The molecule has 29 heavy (non-hydrogen) atoms. The summed E-state index contributed by atoms with van der Waals surface area (Å²) >= 11 is 0. The molecule has 0 saturated carbocycles. The highest BCUT2D eigenvalue weighted by Crippen LogP contribution is 2.24. The van der Waals surface area contributed by atoms with Crippen molar-refractivity contribution < 1.29 is 16.8 Å². The lowest BCUT2D eigenvalue weighted by molar-refractivity contribution is 0.267. The molecule has 0 aromatic heterocycles. The van der Waals surface area contributed by atoms with Crippen molar-refractivity contribution in [2.75, 3.05) is 55.7 Å². The van der Waals surface area contributed by atoms with Crippen LogP contribution in [0.25, 0.3) is 0 Å². The highest BCUT2D eigenvalue weighted by atomic mass is 32.2. The smallest absolute Gasteiger partial charge is 0.238 e. The van der Waals surface area contributed by atoms with Crippen molar-refractivity contribution in [2.24, 2.45) is 5.14 Å². The second-order valence-electron chi connectivity index (χ2n) is 7.07. The predicted octanol–water partition coefficient (Wildman–Crippen LogP) is 0.972. The molecule has 1 aliphatic rings. The zero-order valence-electron chi connectivity index (χ0n) is 16.3. The van der Waals surface area contributed by atoms with E-state index < -0.39 is 19.9 Å². The van der Waals surface area contributed by atoms with Crippen molar-refractivity contribution in [1.82, 2.24) is 4.90 Å². The van der Waals surface area contributed by atoms with Crippen LogP contribution in [0.5, 0.6) is 0 Å². The van der Waals surface area contributed by atoms with Gasteiger partial charge in [0.15, 0.2) is 9.84 Å². The molecule has 0 unspecified atom stereocenters. The number of piperazine rings is 1. The van der Waals surface area contributed by atoms with Gasteiger partial charge in [-0.1, -0.05) is 18.2 Å². The minimum absolute atomic E-state index is 0.0714. The van der Waals surface area contributed by atoms with Crippen LogP contribution in [0.2, 0.25) is 0 Å². The molecule has 8 nitrogen and oxygen atoms in total. The fraction of sp³-hybridized carbons (Fsp3) is 0.368. The normalized spacial score (nSPS) is 16.0. The van der Waals surface area contributed by atoms with Crippen molar-refractivity contribution in [3.63, 3.8) is 0 Å². The number of rotatable bonds is 7. The third-order valence-corrected chi connectivity index (χ3v) is 6.97. The van der Waals surface area contributed by atoms with Gasteiger partial charge in [-0.3, -0.25) is 4.90 Å². The molecule has 0 atom stereocenters. The summed E-state index contributed by atoms with van der Waals surface area (Å²) in [4.78, 5) is 4.36. The number of hydrogen-bond acceptors (Lipinski definition) is 7. The molecular weight excluding hydrogens is 412 g/mol. The zero-order chi connectivity index (χ0) is 21.1. The van der Waals surface area contributed by atoms with E-state index in [4.69, 9.17) is 5.14 Å². The zero-order valence-corrected chi connectivity index (χ0v) is 17.9. The van der Waals surface area contributed by atoms with Crippen molar-refractivity contribution in [2.45, 2.75) is 9.79 Å². The van der Waals surface area contributed by atoms with Gasteiger partial charge in [0.2, 0.25) is 10.0 Å². The van der Waals surface area contributed by atoms with Gasteiger partial charge >= 0.3 is 0 Å². The Hall–Kier alpha value is -2.14. The first-order valence-corrected chi connectivity index (χ1v) is 12.7. The SMILES string of the molecule is CS(=O)(=O)c1cc(S(N)(=O)=O)ccc1NCCN1CCN(c2ccccc2)CC1. The molecule has 1 aliphatic heterocycles. The van der Waals surface area contributed by atoms with E-state index in [0.717, 1.165) is 45.0 Å². The van der Waals surface area contributed by atoms with Gasteiger partial charge in [-0.15, -0.1) is 0 Å². The molecule has 0 radical (unpaired) electrons. The largest absolute Gasteiger partial charge is 0.383 e. The number of sulfone groups is 1. The number of nitrogens with two attached hydrogens (primary N) is 1. The summed E-state index contributed by atoms with van der Waals surface area (Å²) in [6.07, 6.45) is 1.04. The van der Waals surface area contributed by atoms with Crippen LogP contribution in [-0.2, 0) is 19.9 Å². The van der Waals surface area contributed by atoms with E-state index in [0.29, 0.717) is 12.2 Å². The van der Waals surface area contributed by atoms with Gasteiger partial charge in [0.1, 0.15) is 0 Å². The molecule has 0 aliphatic carbocycles. The van der Waals surface area contributed by atoms with Crippen LogP contribution in [-0.4, -0.2) is 67.3 Å². The van der Waals surface area contributed by atoms with E-state index in [2.05, 4.69) is 27.2 Å². The van der Waals surface area contributed by atoms with Crippen LogP contribution in [0.4, 0.5) is 11.4 Å². The van der Waals surface area contributed by atoms with E-state index in [1.807, 2.05) is 18.2 Å². The number of nitrogens with one attached hydrogen (secondary N) is 1. The van der Waals surface area contributed by atoms with Crippen LogP contribution >= 0.6 is 0 Å². The monoisotopic (exact) mass is 438 g/mol. The van der Waals surface area contributed by atoms with Crippen LogP contribution in [0.15, 0.2) is 58.3 Å². The van der Waals surface area contributed by atoms with E-state index in [9.17, 15) is 16.8 Å². The van der Waals surface area contributed by atoms with E-state index in [1.54, 1.807) is 0 Å². The van der Waals surface area contributed by atoms with Crippen molar-refractivity contribution >= 4 is 31.2 Å². The first kappa shape index (κ1) is 21.6. The molecular formula is C19H26N4O4S2. The van der Waals surface area contributed by atoms with Crippen LogP contribution in [0, 0.1) is 0 Å². The van der Waals surface area contributed by atoms with Crippen molar-refractivity contribution in [3.8, 4) is 0 Å². The second-order valence-corrected chi connectivity index (χ2v) is 10.6. The topological polar surface area (TPSA) is 113 Å².